The molecule has 1 N–H and O–H groups in total. The van der Waals surface area contributed by atoms with Gasteiger partial charge in [-0.3, -0.25) is 0 Å². The summed E-state index contributed by atoms with van der Waals surface area (Å²) in [6.07, 6.45) is -4.44. The molecule has 0 fully saturated rings. The van der Waals surface area contributed by atoms with Crippen molar-refractivity contribution in [3.63, 3.8) is 0 Å². The molecule has 0 spiro atoms. The maximum absolute atomic E-state index is 13.2. The van der Waals surface area contributed by atoms with Crippen LogP contribution in [-0.2, 0) is 6.18 Å². The Labute approximate surface area is 119 Å². The highest BCUT2D eigenvalue weighted by atomic mass is 19.4. The number of phenolic OH excluding ortho intramolecular Hbond substituents is 1. The Hall–Kier alpha value is -2.49. The quantitative estimate of drug-likeness (QED) is 0.650. The first-order valence-electron chi connectivity index (χ1n) is 6.35. The minimum atomic E-state index is -4.44. The van der Waals surface area contributed by atoms with Crippen LogP contribution in [0.1, 0.15) is 5.56 Å². The molecule has 0 aromatic heterocycles. The van der Waals surface area contributed by atoms with Gasteiger partial charge < -0.3 is 5.11 Å². The molecule has 0 amide bonds. The van der Waals surface area contributed by atoms with E-state index in [9.17, 15) is 18.3 Å². The van der Waals surface area contributed by atoms with Crippen LogP contribution in [0.2, 0.25) is 0 Å². The normalized spacial score (nSPS) is 11.8. The van der Waals surface area contributed by atoms with Crippen LogP contribution in [0.4, 0.5) is 13.2 Å². The van der Waals surface area contributed by atoms with E-state index in [1.807, 2.05) is 0 Å². The molecule has 0 aliphatic heterocycles. The molecule has 3 rings (SSSR count). The predicted octanol–water partition coefficient (Wildman–Crippen LogP) is 5.23. The Kier molecular flexibility index (Phi) is 3.09. The van der Waals surface area contributed by atoms with Gasteiger partial charge in [0.05, 0.1) is 5.56 Å². The number of fused-ring (bicyclic) bond motifs is 1. The van der Waals surface area contributed by atoms with Crippen molar-refractivity contribution in [1.82, 2.24) is 0 Å². The van der Waals surface area contributed by atoms with E-state index in [0.29, 0.717) is 16.3 Å². The molecule has 0 radical (unpaired) electrons. The molecule has 3 aromatic rings. The summed E-state index contributed by atoms with van der Waals surface area (Å²) in [7, 11) is 0. The van der Waals surface area contributed by atoms with E-state index in [-0.39, 0.29) is 11.3 Å². The van der Waals surface area contributed by atoms with Crippen LogP contribution in [0.3, 0.4) is 0 Å². The average Bonchev–Trinajstić information content (AvgIpc) is 2.45. The van der Waals surface area contributed by atoms with Gasteiger partial charge in [-0.1, -0.05) is 42.5 Å². The largest absolute Gasteiger partial charge is 0.508 e. The lowest BCUT2D eigenvalue weighted by Gasteiger charge is -2.15. The molecule has 0 heterocycles. The van der Waals surface area contributed by atoms with Crippen LogP contribution in [-0.4, -0.2) is 5.11 Å². The predicted molar refractivity (Wildman–Crippen MR) is 76.1 cm³/mol. The van der Waals surface area contributed by atoms with E-state index in [1.165, 1.54) is 24.3 Å². The molecule has 3 aromatic carbocycles. The van der Waals surface area contributed by atoms with Crippen molar-refractivity contribution < 1.29 is 18.3 Å². The van der Waals surface area contributed by atoms with E-state index in [2.05, 4.69) is 0 Å². The van der Waals surface area contributed by atoms with Crippen LogP contribution < -0.4 is 0 Å². The summed E-state index contributed by atoms with van der Waals surface area (Å²) in [5.74, 6) is -0.0549. The van der Waals surface area contributed by atoms with Gasteiger partial charge in [0.2, 0.25) is 0 Å². The number of halogens is 3. The van der Waals surface area contributed by atoms with E-state index >= 15 is 0 Å². The third kappa shape index (κ3) is 2.44. The summed E-state index contributed by atoms with van der Waals surface area (Å²) in [6, 6.07) is 15.3. The van der Waals surface area contributed by atoms with Crippen molar-refractivity contribution in [3.05, 3.63) is 66.2 Å². The second-order valence-corrected chi connectivity index (χ2v) is 4.76. The zero-order valence-corrected chi connectivity index (χ0v) is 10.9. The summed E-state index contributed by atoms with van der Waals surface area (Å²) < 4.78 is 39.5. The highest BCUT2D eigenvalue weighted by Crippen LogP contribution is 2.40. The first kappa shape index (κ1) is 13.5. The number of hydrogen-bond donors (Lipinski definition) is 1. The van der Waals surface area contributed by atoms with E-state index in [1.54, 1.807) is 30.3 Å². The summed E-state index contributed by atoms with van der Waals surface area (Å²) in [4.78, 5) is 0. The van der Waals surface area contributed by atoms with Gasteiger partial charge in [0.15, 0.2) is 0 Å². The second-order valence-electron chi connectivity index (χ2n) is 4.76. The Morgan fingerprint density at radius 3 is 2.19 bits per heavy atom. The molecule has 1 nitrogen and oxygen atoms in total. The number of hydrogen-bond acceptors (Lipinski definition) is 1. The van der Waals surface area contributed by atoms with Gasteiger partial charge in [-0.15, -0.1) is 0 Å². The van der Waals surface area contributed by atoms with Gasteiger partial charge in [-0.05, 0) is 40.1 Å². The third-order valence-electron chi connectivity index (χ3n) is 3.37. The SMILES string of the molecule is Oc1cc(-c2ccccc2C(F)(F)F)c2ccccc2c1. The molecular weight excluding hydrogens is 277 g/mol. The first-order chi connectivity index (χ1) is 9.97. The molecule has 0 aliphatic carbocycles. The minimum absolute atomic E-state index is 0.0549. The monoisotopic (exact) mass is 288 g/mol. The lowest BCUT2D eigenvalue weighted by molar-refractivity contribution is -0.137. The van der Waals surface area contributed by atoms with Gasteiger partial charge >= 0.3 is 6.18 Å². The van der Waals surface area contributed by atoms with Crippen molar-refractivity contribution in [2.75, 3.05) is 0 Å². The molecule has 0 saturated heterocycles. The second kappa shape index (κ2) is 4.81. The van der Waals surface area contributed by atoms with Crippen LogP contribution >= 0.6 is 0 Å². The van der Waals surface area contributed by atoms with Crippen LogP contribution in [0.15, 0.2) is 60.7 Å². The first-order valence-corrected chi connectivity index (χ1v) is 6.35. The molecular formula is C17H11F3O. The van der Waals surface area contributed by atoms with Crippen LogP contribution in [0.25, 0.3) is 21.9 Å². The number of phenols is 1. The summed E-state index contributed by atoms with van der Waals surface area (Å²) in [5, 5.41) is 11.2. The molecule has 106 valence electrons. The molecule has 0 unspecified atom stereocenters. The number of alkyl halides is 3. The zero-order chi connectivity index (χ0) is 15.0. The summed E-state index contributed by atoms with van der Waals surface area (Å²) in [5.41, 5.74) is -0.267. The molecule has 0 atom stereocenters. The summed E-state index contributed by atoms with van der Waals surface area (Å²) >= 11 is 0. The topological polar surface area (TPSA) is 20.2 Å². The minimum Gasteiger partial charge on any atom is -0.508 e. The molecule has 0 bridgehead atoms. The maximum atomic E-state index is 13.2. The van der Waals surface area contributed by atoms with Gasteiger partial charge in [0.1, 0.15) is 5.75 Å². The van der Waals surface area contributed by atoms with E-state index in [0.717, 1.165) is 6.07 Å². The Morgan fingerprint density at radius 1 is 0.762 bits per heavy atom. The standard InChI is InChI=1S/C17H11F3O/c18-17(19,20)16-8-4-3-7-14(16)15-10-12(21)9-11-5-1-2-6-13(11)15/h1-10,21H. The van der Waals surface area contributed by atoms with E-state index < -0.39 is 11.7 Å². The Bertz CT molecular complexity index is 806. The fourth-order valence-electron chi connectivity index (χ4n) is 2.48. The number of benzene rings is 3. The smallest absolute Gasteiger partial charge is 0.417 e. The Balaban J connectivity index is 2.36. The lowest BCUT2D eigenvalue weighted by atomic mass is 9.94. The van der Waals surface area contributed by atoms with Crippen molar-refractivity contribution >= 4 is 10.8 Å². The van der Waals surface area contributed by atoms with Crippen LogP contribution in [0, 0.1) is 0 Å². The maximum Gasteiger partial charge on any atom is 0.417 e. The average molecular weight is 288 g/mol. The lowest BCUT2D eigenvalue weighted by Crippen LogP contribution is -2.06. The molecule has 0 aliphatic rings. The fraction of sp³-hybridized carbons (Fsp3) is 0.0588. The third-order valence-corrected chi connectivity index (χ3v) is 3.37. The highest BCUT2D eigenvalue weighted by molar-refractivity contribution is 5.98. The van der Waals surface area contributed by atoms with E-state index in [4.69, 9.17) is 0 Å². The fourth-order valence-corrected chi connectivity index (χ4v) is 2.48. The molecule has 4 heteroatoms. The van der Waals surface area contributed by atoms with Crippen molar-refractivity contribution in [1.29, 1.82) is 0 Å². The van der Waals surface area contributed by atoms with Gasteiger partial charge in [-0.25, -0.2) is 0 Å². The van der Waals surface area contributed by atoms with Crippen molar-refractivity contribution in [2.24, 2.45) is 0 Å². The van der Waals surface area contributed by atoms with Crippen molar-refractivity contribution in [3.8, 4) is 16.9 Å². The molecule has 21 heavy (non-hydrogen) atoms. The number of aromatic hydroxyl groups is 1. The van der Waals surface area contributed by atoms with Crippen molar-refractivity contribution in [2.45, 2.75) is 6.18 Å². The van der Waals surface area contributed by atoms with Gasteiger partial charge in [-0.2, -0.15) is 13.2 Å². The van der Waals surface area contributed by atoms with Crippen LogP contribution in [0.5, 0.6) is 5.75 Å². The Morgan fingerprint density at radius 2 is 1.43 bits per heavy atom. The van der Waals surface area contributed by atoms with Gasteiger partial charge in [0, 0.05) is 0 Å². The van der Waals surface area contributed by atoms with Gasteiger partial charge in [0.25, 0.3) is 0 Å². The highest BCUT2D eigenvalue weighted by Gasteiger charge is 2.33. The number of rotatable bonds is 1. The zero-order valence-electron chi connectivity index (χ0n) is 10.9. The molecule has 0 saturated carbocycles. The summed E-state index contributed by atoms with van der Waals surface area (Å²) in [6.45, 7) is 0.